The van der Waals surface area contributed by atoms with Gasteiger partial charge in [0.2, 0.25) is 10.0 Å². The molecule has 0 radical (unpaired) electrons. The standard InChI is InChI=1S/C13H16ClNO2S/c1-11-5-4-8-15(10-11)18(16,17)13-7-3-2-6-12(13)9-14/h2-3,5-7H,4,8-10H2,1H3. The summed E-state index contributed by atoms with van der Waals surface area (Å²) in [6.45, 7) is 2.96. The lowest BCUT2D eigenvalue weighted by Crippen LogP contribution is -2.35. The maximum Gasteiger partial charge on any atom is 0.243 e. The van der Waals surface area contributed by atoms with Crippen molar-refractivity contribution < 1.29 is 8.42 Å². The molecule has 1 aliphatic heterocycles. The van der Waals surface area contributed by atoms with Gasteiger partial charge in [-0.25, -0.2) is 8.42 Å². The van der Waals surface area contributed by atoms with Crippen molar-refractivity contribution in [2.45, 2.75) is 24.1 Å². The van der Waals surface area contributed by atoms with Gasteiger partial charge < -0.3 is 0 Å². The Kier molecular flexibility index (Phi) is 4.10. The highest BCUT2D eigenvalue weighted by atomic mass is 35.5. The quantitative estimate of drug-likeness (QED) is 0.633. The second-order valence-corrected chi connectivity index (χ2v) is 6.59. The lowest BCUT2D eigenvalue weighted by Gasteiger charge is -2.26. The fourth-order valence-corrected chi connectivity index (χ4v) is 4.12. The lowest BCUT2D eigenvalue weighted by atomic mass is 10.2. The highest BCUT2D eigenvalue weighted by Gasteiger charge is 2.27. The molecule has 2 rings (SSSR count). The van der Waals surface area contributed by atoms with E-state index < -0.39 is 10.0 Å². The van der Waals surface area contributed by atoms with E-state index in [1.165, 1.54) is 4.31 Å². The van der Waals surface area contributed by atoms with Crippen LogP contribution < -0.4 is 0 Å². The third kappa shape index (κ3) is 2.60. The van der Waals surface area contributed by atoms with Crippen LogP contribution >= 0.6 is 11.6 Å². The third-order valence-electron chi connectivity index (χ3n) is 3.03. The first kappa shape index (κ1) is 13.6. The smallest absolute Gasteiger partial charge is 0.207 e. The normalized spacial score (nSPS) is 17.6. The van der Waals surface area contributed by atoms with Crippen LogP contribution in [0, 0.1) is 0 Å². The zero-order valence-electron chi connectivity index (χ0n) is 10.3. The Hall–Kier alpha value is -0.840. The molecule has 3 nitrogen and oxygen atoms in total. The van der Waals surface area contributed by atoms with Crippen LogP contribution in [0.5, 0.6) is 0 Å². The molecule has 0 N–H and O–H groups in total. The average molecular weight is 286 g/mol. The largest absolute Gasteiger partial charge is 0.243 e. The van der Waals surface area contributed by atoms with E-state index in [9.17, 15) is 8.42 Å². The van der Waals surface area contributed by atoms with Gasteiger partial charge in [0.15, 0.2) is 0 Å². The second kappa shape index (κ2) is 5.43. The van der Waals surface area contributed by atoms with Gasteiger partial charge in [0.05, 0.1) is 4.90 Å². The van der Waals surface area contributed by atoms with E-state index in [4.69, 9.17) is 11.6 Å². The summed E-state index contributed by atoms with van der Waals surface area (Å²) in [6.07, 6.45) is 2.85. The summed E-state index contributed by atoms with van der Waals surface area (Å²) in [5.74, 6) is 0.206. The van der Waals surface area contributed by atoms with Crippen molar-refractivity contribution in [3.63, 3.8) is 0 Å². The van der Waals surface area contributed by atoms with Crippen molar-refractivity contribution in [3.05, 3.63) is 41.5 Å². The molecule has 5 heteroatoms. The molecule has 0 spiro atoms. The summed E-state index contributed by atoms with van der Waals surface area (Å²) in [7, 11) is -3.43. The Balaban J connectivity index is 2.39. The minimum Gasteiger partial charge on any atom is -0.207 e. The lowest BCUT2D eigenvalue weighted by molar-refractivity contribution is 0.427. The van der Waals surface area contributed by atoms with Crippen LogP contribution in [-0.4, -0.2) is 25.8 Å². The van der Waals surface area contributed by atoms with Gasteiger partial charge in [0, 0.05) is 19.0 Å². The number of benzene rings is 1. The van der Waals surface area contributed by atoms with Gasteiger partial charge in [0.1, 0.15) is 0 Å². The Morgan fingerprint density at radius 2 is 2.06 bits per heavy atom. The van der Waals surface area contributed by atoms with Crippen LogP contribution in [0.1, 0.15) is 18.9 Å². The minimum absolute atomic E-state index is 0.206. The molecule has 0 unspecified atom stereocenters. The zero-order valence-corrected chi connectivity index (χ0v) is 11.8. The highest BCUT2D eigenvalue weighted by molar-refractivity contribution is 7.89. The van der Waals surface area contributed by atoms with Gasteiger partial charge in [-0.1, -0.05) is 29.8 Å². The van der Waals surface area contributed by atoms with E-state index in [1.807, 2.05) is 6.92 Å². The van der Waals surface area contributed by atoms with Gasteiger partial charge in [-0.15, -0.1) is 11.6 Å². The third-order valence-corrected chi connectivity index (χ3v) is 5.26. The summed E-state index contributed by atoms with van der Waals surface area (Å²) in [4.78, 5) is 0.328. The Labute approximate surface area is 113 Å². The molecule has 98 valence electrons. The first-order chi connectivity index (χ1) is 8.55. The molecular formula is C13H16ClNO2S. The SMILES string of the molecule is CC1=CCCN(S(=O)(=O)c2ccccc2CCl)C1. The molecule has 1 aliphatic rings. The van der Waals surface area contributed by atoms with Crippen molar-refractivity contribution in [2.75, 3.05) is 13.1 Å². The number of halogens is 1. The number of rotatable bonds is 3. The molecule has 0 amide bonds. The molecule has 0 bridgehead atoms. The predicted octanol–water partition coefficient (Wildman–Crippen LogP) is 2.77. The van der Waals surface area contributed by atoms with Crippen molar-refractivity contribution >= 4 is 21.6 Å². The monoisotopic (exact) mass is 285 g/mol. The van der Waals surface area contributed by atoms with E-state index in [0.717, 1.165) is 12.0 Å². The summed E-state index contributed by atoms with van der Waals surface area (Å²) in [5, 5.41) is 0. The number of alkyl halides is 1. The Bertz CT molecular complexity index is 566. The van der Waals surface area contributed by atoms with Crippen molar-refractivity contribution in [2.24, 2.45) is 0 Å². The second-order valence-electron chi connectivity index (χ2n) is 4.42. The van der Waals surface area contributed by atoms with Crippen molar-refractivity contribution in [3.8, 4) is 0 Å². The summed E-state index contributed by atoms with van der Waals surface area (Å²) in [5.41, 5.74) is 1.75. The molecule has 0 aromatic heterocycles. The van der Waals surface area contributed by atoms with Crippen LogP contribution in [-0.2, 0) is 15.9 Å². The highest BCUT2D eigenvalue weighted by Crippen LogP contribution is 2.24. The van der Waals surface area contributed by atoms with Gasteiger partial charge in [-0.3, -0.25) is 0 Å². The Morgan fingerprint density at radius 3 is 2.72 bits per heavy atom. The zero-order chi connectivity index (χ0) is 13.2. The van der Waals surface area contributed by atoms with Crippen LogP contribution in [0.4, 0.5) is 0 Å². The molecule has 0 saturated heterocycles. The fourth-order valence-electron chi connectivity index (χ4n) is 2.09. The van der Waals surface area contributed by atoms with Gasteiger partial charge in [-0.05, 0) is 25.0 Å². The molecule has 1 aromatic carbocycles. The molecule has 1 aromatic rings. The van der Waals surface area contributed by atoms with Crippen LogP contribution in [0.15, 0.2) is 40.8 Å². The molecular weight excluding hydrogens is 270 g/mol. The van der Waals surface area contributed by atoms with Crippen LogP contribution in [0.3, 0.4) is 0 Å². The number of hydrogen-bond acceptors (Lipinski definition) is 2. The molecule has 0 aliphatic carbocycles. The van der Waals surface area contributed by atoms with Gasteiger partial charge >= 0.3 is 0 Å². The number of sulfonamides is 1. The summed E-state index contributed by atoms with van der Waals surface area (Å²) in [6, 6.07) is 6.92. The van der Waals surface area contributed by atoms with Gasteiger partial charge in [-0.2, -0.15) is 4.31 Å². The summed E-state index contributed by atoms with van der Waals surface area (Å²) >= 11 is 5.81. The first-order valence-electron chi connectivity index (χ1n) is 5.85. The first-order valence-corrected chi connectivity index (χ1v) is 7.83. The van der Waals surface area contributed by atoms with E-state index in [2.05, 4.69) is 6.08 Å². The van der Waals surface area contributed by atoms with E-state index in [1.54, 1.807) is 24.3 Å². The maximum atomic E-state index is 12.6. The topological polar surface area (TPSA) is 37.4 Å². The molecule has 0 atom stereocenters. The molecule has 0 saturated carbocycles. The van der Waals surface area contributed by atoms with Crippen LogP contribution in [0.2, 0.25) is 0 Å². The van der Waals surface area contributed by atoms with E-state index in [-0.39, 0.29) is 5.88 Å². The molecule has 0 fully saturated rings. The van der Waals surface area contributed by atoms with Crippen molar-refractivity contribution in [1.29, 1.82) is 0 Å². The average Bonchev–Trinajstić information content (AvgIpc) is 2.38. The van der Waals surface area contributed by atoms with E-state index >= 15 is 0 Å². The minimum atomic E-state index is -3.43. The molecule has 18 heavy (non-hydrogen) atoms. The summed E-state index contributed by atoms with van der Waals surface area (Å²) < 4.78 is 26.6. The van der Waals surface area contributed by atoms with E-state index in [0.29, 0.717) is 23.5 Å². The molecule has 1 heterocycles. The number of nitrogens with zero attached hydrogens (tertiary/aromatic N) is 1. The van der Waals surface area contributed by atoms with Crippen molar-refractivity contribution in [1.82, 2.24) is 4.31 Å². The Morgan fingerprint density at radius 1 is 1.33 bits per heavy atom. The maximum absolute atomic E-state index is 12.6. The van der Waals surface area contributed by atoms with Crippen LogP contribution in [0.25, 0.3) is 0 Å². The predicted molar refractivity (Wildman–Crippen MR) is 73.1 cm³/mol. The number of hydrogen-bond donors (Lipinski definition) is 0. The van der Waals surface area contributed by atoms with Gasteiger partial charge in [0.25, 0.3) is 0 Å². The fraction of sp³-hybridized carbons (Fsp3) is 0.385.